The average Bonchev–Trinajstić information content (AvgIpc) is 2.97. The molecule has 21 heavy (non-hydrogen) atoms. The van der Waals surface area contributed by atoms with Gasteiger partial charge < -0.3 is 4.42 Å². The van der Waals surface area contributed by atoms with Crippen molar-refractivity contribution in [3.63, 3.8) is 0 Å². The van der Waals surface area contributed by atoms with Gasteiger partial charge in [-0.05, 0) is 30.7 Å². The molecule has 0 bridgehead atoms. The van der Waals surface area contributed by atoms with Gasteiger partial charge in [-0.2, -0.15) is 5.26 Å². The van der Waals surface area contributed by atoms with Crippen molar-refractivity contribution >= 4 is 16.8 Å². The normalized spacial score (nSPS) is 12.0. The summed E-state index contributed by atoms with van der Waals surface area (Å²) in [5, 5.41) is 9.88. The molecule has 2 aromatic carbocycles. The SMILES string of the molecule is CC(C#N)c1cccc(C(=O)c2cc3ccccc3o2)c1. The van der Waals surface area contributed by atoms with Crippen LogP contribution < -0.4 is 0 Å². The number of hydrogen-bond donors (Lipinski definition) is 0. The van der Waals surface area contributed by atoms with E-state index in [1.807, 2.05) is 37.3 Å². The molecule has 0 amide bonds. The first-order chi connectivity index (χ1) is 10.2. The predicted octanol–water partition coefficient (Wildman–Crippen LogP) is 4.29. The monoisotopic (exact) mass is 275 g/mol. The molecule has 1 aromatic heterocycles. The van der Waals surface area contributed by atoms with Crippen LogP contribution in [0.3, 0.4) is 0 Å². The van der Waals surface area contributed by atoms with Crippen molar-refractivity contribution in [2.45, 2.75) is 12.8 Å². The van der Waals surface area contributed by atoms with Crippen LogP contribution in [0, 0.1) is 11.3 Å². The Kier molecular flexibility index (Phi) is 3.29. The number of nitriles is 1. The predicted molar refractivity (Wildman–Crippen MR) is 80.1 cm³/mol. The zero-order chi connectivity index (χ0) is 14.8. The second kappa shape index (κ2) is 5.26. The molecule has 3 heteroatoms. The first kappa shape index (κ1) is 13.1. The van der Waals surface area contributed by atoms with Gasteiger partial charge in [-0.1, -0.05) is 36.4 Å². The maximum Gasteiger partial charge on any atom is 0.228 e. The topological polar surface area (TPSA) is 54.0 Å². The molecule has 0 fully saturated rings. The Balaban J connectivity index is 2.00. The van der Waals surface area contributed by atoms with Crippen LogP contribution in [0.1, 0.15) is 34.5 Å². The molecule has 0 aliphatic carbocycles. The Morgan fingerprint density at radius 3 is 2.71 bits per heavy atom. The van der Waals surface area contributed by atoms with Crippen molar-refractivity contribution in [2.24, 2.45) is 0 Å². The number of ketones is 1. The summed E-state index contributed by atoms with van der Waals surface area (Å²) in [5.41, 5.74) is 2.07. The van der Waals surface area contributed by atoms with Gasteiger partial charge in [0.2, 0.25) is 5.78 Å². The summed E-state index contributed by atoms with van der Waals surface area (Å²) in [4.78, 5) is 12.5. The van der Waals surface area contributed by atoms with E-state index in [0.29, 0.717) is 16.9 Å². The van der Waals surface area contributed by atoms with E-state index in [-0.39, 0.29) is 11.7 Å². The smallest absolute Gasteiger partial charge is 0.228 e. The molecule has 3 aromatic rings. The highest BCUT2D eigenvalue weighted by atomic mass is 16.3. The number of hydrogen-bond acceptors (Lipinski definition) is 3. The maximum atomic E-state index is 12.5. The van der Waals surface area contributed by atoms with Crippen LogP contribution in [-0.2, 0) is 0 Å². The number of carbonyl (C=O) groups excluding carboxylic acids is 1. The van der Waals surface area contributed by atoms with Gasteiger partial charge in [-0.3, -0.25) is 4.79 Å². The fraction of sp³-hybridized carbons (Fsp3) is 0.111. The standard InChI is InChI=1S/C18H13NO2/c1-12(11-19)13-6-4-7-15(9-13)18(20)17-10-14-5-2-3-8-16(14)21-17/h2-10,12H,1H3. The number of furan rings is 1. The first-order valence-electron chi connectivity index (χ1n) is 6.72. The van der Waals surface area contributed by atoms with Crippen LogP contribution in [0.25, 0.3) is 11.0 Å². The van der Waals surface area contributed by atoms with E-state index >= 15 is 0 Å². The fourth-order valence-corrected chi connectivity index (χ4v) is 2.26. The van der Waals surface area contributed by atoms with Gasteiger partial charge in [0.25, 0.3) is 0 Å². The van der Waals surface area contributed by atoms with Crippen LogP contribution in [0.15, 0.2) is 59.0 Å². The van der Waals surface area contributed by atoms with Gasteiger partial charge in [0.1, 0.15) is 5.58 Å². The number of fused-ring (bicyclic) bond motifs is 1. The lowest BCUT2D eigenvalue weighted by Gasteiger charge is -2.04. The lowest BCUT2D eigenvalue weighted by Crippen LogP contribution is -2.01. The molecule has 1 atom stereocenters. The van der Waals surface area contributed by atoms with Crippen molar-refractivity contribution < 1.29 is 9.21 Å². The number of carbonyl (C=O) groups is 1. The third-order valence-electron chi connectivity index (χ3n) is 3.49. The lowest BCUT2D eigenvalue weighted by molar-refractivity contribution is 0.101. The molecule has 0 radical (unpaired) electrons. The summed E-state index contributed by atoms with van der Waals surface area (Å²) in [6.45, 7) is 1.81. The average molecular weight is 275 g/mol. The third-order valence-corrected chi connectivity index (χ3v) is 3.49. The van der Waals surface area contributed by atoms with Gasteiger partial charge in [-0.25, -0.2) is 0 Å². The minimum atomic E-state index is -0.242. The Morgan fingerprint density at radius 2 is 1.95 bits per heavy atom. The van der Waals surface area contributed by atoms with Crippen LogP contribution in [0.4, 0.5) is 0 Å². The number of rotatable bonds is 3. The zero-order valence-corrected chi connectivity index (χ0v) is 11.5. The van der Waals surface area contributed by atoms with Gasteiger partial charge in [0, 0.05) is 10.9 Å². The molecule has 0 saturated carbocycles. The highest BCUT2D eigenvalue weighted by Crippen LogP contribution is 2.23. The van der Waals surface area contributed by atoms with Crippen LogP contribution in [0.2, 0.25) is 0 Å². The quantitative estimate of drug-likeness (QED) is 0.670. The molecule has 0 N–H and O–H groups in total. The zero-order valence-electron chi connectivity index (χ0n) is 11.5. The van der Waals surface area contributed by atoms with Gasteiger partial charge in [0.05, 0.1) is 12.0 Å². The van der Waals surface area contributed by atoms with Crippen LogP contribution >= 0.6 is 0 Å². The third kappa shape index (κ3) is 2.44. The molecule has 102 valence electrons. The van der Waals surface area contributed by atoms with Crippen molar-refractivity contribution in [1.29, 1.82) is 5.26 Å². The largest absolute Gasteiger partial charge is 0.453 e. The minimum Gasteiger partial charge on any atom is -0.453 e. The van der Waals surface area contributed by atoms with E-state index < -0.39 is 0 Å². The molecular formula is C18H13NO2. The summed E-state index contributed by atoms with van der Waals surface area (Å²) < 4.78 is 5.60. The van der Waals surface area contributed by atoms with E-state index in [1.165, 1.54) is 0 Å². The highest BCUT2D eigenvalue weighted by Gasteiger charge is 2.15. The molecule has 3 nitrogen and oxygen atoms in total. The van der Waals surface area contributed by atoms with Gasteiger partial charge >= 0.3 is 0 Å². The van der Waals surface area contributed by atoms with E-state index in [2.05, 4.69) is 6.07 Å². The van der Waals surface area contributed by atoms with Gasteiger partial charge in [-0.15, -0.1) is 0 Å². The summed E-state index contributed by atoms with van der Waals surface area (Å²) in [5.74, 6) is -0.0930. The number of benzene rings is 2. The van der Waals surface area contributed by atoms with Crippen molar-refractivity contribution in [3.05, 3.63) is 71.5 Å². The molecule has 0 spiro atoms. The lowest BCUT2D eigenvalue weighted by atomic mass is 9.98. The van der Waals surface area contributed by atoms with E-state index in [9.17, 15) is 4.79 Å². The molecule has 0 aliphatic rings. The Labute approximate surface area is 122 Å². The Hall–Kier alpha value is -2.86. The molecule has 1 heterocycles. The second-order valence-corrected chi connectivity index (χ2v) is 4.95. The summed E-state index contributed by atoms with van der Waals surface area (Å²) in [6, 6.07) is 18.6. The Bertz CT molecular complexity index is 822. The van der Waals surface area contributed by atoms with E-state index in [4.69, 9.17) is 9.68 Å². The molecule has 0 saturated heterocycles. The molecular weight excluding hydrogens is 262 g/mol. The van der Waals surface area contributed by atoms with Crippen molar-refractivity contribution in [2.75, 3.05) is 0 Å². The number of para-hydroxylation sites is 1. The van der Waals surface area contributed by atoms with Crippen molar-refractivity contribution in [3.8, 4) is 6.07 Å². The van der Waals surface area contributed by atoms with Crippen LogP contribution in [-0.4, -0.2) is 5.78 Å². The summed E-state index contributed by atoms with van der Waals surface area (Å²) in [7, 11) is 0. The van der Waals surface area contributed by atoms with E-state index in [1.54, 1.807) is 24.3 Å². The Morgan fingerprint density at radius 1 is 1.14 bits per heavy atom. The van der Waals surface area contributed by atoms with Crippen molar-refractivity contribution in [1.82, 2.24) is 0 Å². The first-order valence-corrected chi connectivity index (χ1v) is 6.72. The highest BCUT2D eigenvalue weighted by molar-refractivity contribution is 6.09. The van der Waals surface area contributed by atoms with Crippen LogP contribution in [0.5, 0.6) is 0 Å². The molecule has 0 aliphatic heterocycles. The molecule has 1 unspecified atom stereocenters. The van der Waals surface area contributed by atoms with Gasteiger partial charge in [0.15, 0.2) is 5.76 Å². The summed E-state index contributed by atoms with van der Waals surface area (Å²) >= 11 is 0. The summed E-state index contributed by atoms with van der Waals surface area (Å²) in [6.07, 6.45) is 0. The number of nitrogens with zero attached hydrogens (tertiary/aromatic N) is 1. The molecule has 3 rings (SSSR count). The second-order valence-electron chi connectivity index (χ2n) is 4.95. The minimum absolute atomic E-state index is 0.168. The fourth-order valence-electron chi connectivity index (χ4n) is 2.26. The van der Waals surface area contributed by atoms with E-state index in [0.717, 1.165) is 10.9 Å². The maximum absolute atomic E-state index is 12.5.